The van der Waals surface area contributed by atoms with Crippen LogP contribution in [0, 0.1) is 6.92 Å². The summed E-state index contributed by atoms with van der Waals surface area (Å²) < 4.78 is 5.04. The van der Waals surface area contributed by atoms with Gasteiger partial charge < -0.3 is 14.7 Å². The Bertz CT molecular complexity index is 709. The molecular formula is C14H16N4O3. The number of pyridine rings is 1. The van der Waals surface area contributed by atoms with Crippen molar-refractivity contribution in [3.63, 3.8) is 0 Å². The molecule has 1 saturated heterocycles. The van der Waals surface area contributed by atoms with Crippen LogP contribution in [0.25, 0.3) is 11.1 Å². The fourth-order valence-corrected chi connectivity index (χ4v) is 2.59. The molecule has 110 valence electrons. The van der Waals surface area contributed by atoms with E-state index in [1.807, 2.05) is 6.92 Å². The maximum absolute atomic E-state index is 12.6. The number of nitrogens with zero attached hydrogens (tertiary/aromatic N) is 3. The lowest BCUT2D eigenvalue weighted by Gasteiger charge is -2.34. The predicted molar refractivity (Wildman–Crippen MR) is 74.7 cm³/mol. The van der Waals surface area contributed by atoms with Gasteiger partial charge in [-0.1, -0.05) is 12.1 Å². The normalized spacial score (nSPS) is 18.9. The van der Waals surface area contributed by atoms with Crippen LogP contribution in [0.15, 0.2) is 16.8 Å². The molecule has 2 aromatic rings. The summed E-state index contributed by atoms with van der Waals surface area (Å²) in [5.41, 5.74) is 1.55. The van der Waals surface area contributed by atoms with Gasteiger partial charge in [-0.2, -0.15) is 0 Å². The molecule has 1 aliphatic rings. The fraction of sp³-hybridized carbons (Fsp3) is 0.429. The maximum atomic E-state index is 12.6. The first kappa shape index (κ1) is 13.5. The smallest absolute Gasteiger partial charge is 0.257 e. The van der Waals surface area contributed by atoms with E-state index in [2.05, 4.69) is 15.5 Å². The molecule has 2 amide bonds. The molecule has 1 N–H and O–H groups in total. The van der Waals surface area contributed by atoms with Gasteiger partial charge in [0.25, 0.3) is 11.6 Å². The minimum atomic E-state index is -0.425. The first-order chi connectivity index (χ1) is 10.1. The lowest BCUT2D eigenvalue weighted by molar-refractivity contribution is -0.127. The van der Waals surface area contributed by atoms with Crippen molar-refractivity contribution in [2.24, 2.45) is 0 Å². The molecule has 0 bridgehead atoms. The fourth-order valence-electron chi connectivity index (χ4n) is 2.59. The Labute approximate surface area is 121 Å². The summed E-state index contributed by atoms with van der Waals surface area (Å²) >= 11 is 0. The zero-order chi connectivity index (χ0) is 15.0. The number of piperazine rings is 1. The second kappa shape index (κ2) is 5.16. The number of rotatable bonds is 2. The standard InChI is InChI=1S/C14H16N4O3/c1-3-11-12(19)15-4-5-18(11)14(20)9-6-10-8(2)17-21-13(10)16-7-9/h6-7,11H,3-5H2,1-2H3,(H,15,19). The van der Waals surface area contributed by atoms with Crippen LogP contribution in [0.3, 0.4) is 0 Å². The molecule has 1 unspecified atom stereocenters. The van der Waals surface area contributed by atoms with Crippen LogP contribution in [-0.2, 0) is 4.79 Å². The van der Waals surface area contributed by atoms with E-state index in [4.69, 9.17) is 4.52 Å². The lowest BCUT2D eigenvalue weighted by Crippen LogP contribution is -2.56. The molecule has 1 atom stereocenters. The molecule has 1 aliphatic heterocycles. The summed E-state index contributed by atoms with van der Waals surface area (Å²) in [6.07, 6.45) is 2.05. The van der Waals surface area contributed by atoms with Crippen LogP contribution in [0.5, 0.6) is 0 Å². The molecule has 7 heteroatoms. The Morgan fingerprint density at radius 3 is 3.14 bits per heavy atom. The van der Waals surface area contributed by atoms with Gasteiger partial charge in [-0.05, 0) is 19.4 Å². The number of amides is 2. The molecule has 21 heavy (non-hydrogen) atoms. The van der Waals surface area contributed by atoms with Crippen molar-refractivity contribution in [1.29, 1.82) is 0 Å². The van der Waals surface area contributed by atoms with Gasteiger partial charge in [0.2, 0.25) is 5.91 Å². The topological polar surface area (TPSA) is 88.3 Å². The minimum absolute atomic E-state index is 0.104. The van der Waals surface area contributed by atoms with Crippen LogP contribution < -0.4 is 5.32 Å². The molecule has 0 saturated carbocycles. The van der Waals surface area contributed by atoms with E-state index in [9.17, 15) is 9.59 Å². The van der Waals surface area contributed by atoms with Gasteiger partial charge in [0.05, 0.1) is 16.6 Å². The van der Waals surface area contributed by atoms with Crippen molar-refractivity contribution in [3.05, 3.63) is 23.5 Å². The molecule has 0 aromatic carbocycles. The number of aromatic nitrogens is 2. The van der Waals surface area contributed by atoms with E-state index in [-0.39, 0.29) is 11.8 Å². The Hall–Kier alpha value is -2.44. The summed E-state index contributed by atoms with van der Waals surface area (Å²) in [6.45, 7) is 4.67. The molecule has 2 aromatic heterocycles. The molecule has 3 heterocycles. The monoisotopic (exact) mass is 288 g/mol. The first-order valence-electron chi connectivity index (χ1n) is 6.92. The van der Waals surface area contributed by atoms with Crippen LogP contribution in [0.1, 0.15) is 29.4 Å². The van der Waals surface area contributed by atoms with E-state index < -0.39 is 6.04 Å². The summed E-state index contributed by atoms with van der Waals surface area (Å²) in [6, 6.07) is 1.29. The summed E-state index contributed by atoms with van der Waals surface area (Å²) in [7, 11) is 0. The van der Waals surface area contributed by atoms with E-state index in [1.165, 1.54) is 6.20 Å². The van der Waals surface area contributed by atoms with E-state index in [0.29, 0.717) is 36.5 Å². The Morgan fingerprint density at radius 2 is 2.38 bits per heavy atom. The Morgan fingerprint density at radius 1 is 1.57 bits per heavy atom. The van der Waals surface area contributed by atoms with Crippen LogP contribution in [-0.4, -0.2) is 46.0 Å². The Balaban J connectivity index is 1.95. The Kier molecular flexibility index (Phi) is 3.32. The minimum Gasteiger partial charge on any atom is -0.353 e. The predicted octanol–water partition coefficient (Wildman–Crippen LogP) is 0.882. The average molecular weight is 288 g/mol. The highest BCUT2D eigenvalue weighted by Gasteiger charge is 2.32. The van der Waals surface area contributed by atoms with Gasteiger partial charge in [0.1, 0.15) is 6.04 Å². The summed E-state index contributed by atoms with van der Waals surface area (Å²) in [5.74, 6) is -0.293. The van der Waals surface area contributed by atoms with E-state index >= 15 is 0 Å². The SMILES string of the molecule is CCC1C(=O)NCCN1C(=O)c1cnc2onc(C)c2c1. The second-order valence-electron chi connectivity index (χ2n) is 5.06. The number of nitrogens with one attached hydrogen (secondary N) is 1. The largest absolute Gasteiger partial charge is 0.353 e. The first-order valence-corrected chi connectivity index (χ1v) is 6.92. The molecule has 0 spiro atoms. The number of hydrogen-bond acceptors (Lipinski definition) is 5. The van der Waals surface area contributed by atoms with Crippen LogP contribution in [0.4, 0.5) is 0 Å². The molecule has 3 rings (SSSR count). The van der Waals surface area contributed by atoms with Crippen molar-refractivity contribution in [3.8, 4) is 0 Å². The number of carbonyl (C=O) groups is 2. The molecular weight excluding hydrogens is 272 g/mol. The summed E-state index contributed by atoms with van der Waals surface area (Å²) in [5, 5.41) is 7.32. The van der Waals surface area contributed by atoms with Crippen molar-refractivity contribution in [2.75, 3.05) is 13.1 Å². The molecule has 7 nitrogen and oxygen atoms in total. The number of carbonyl (C=O) groups excluding carboxylic acids is 2. The van der Waals surface area contributed by atoms with Crippen LogP contribution in [0.2, 0.25) is 0 Å². The zero-order valence-electron chi connectivity index (χ0n) is 11.9. The van der Waals surface area contributed by atoms with Gasteiger partial charge in [-0.3, -0.25) is 9.59 Å². The third-order valence-corrected chi connectivity index (χ3v) is 3.74. The number of fused-ring (bicyclic) bond motifs is 1. The van der Waals surface area contributed by atoms with Crippen LogP contribution >= 0.6 is 0 Å². The maximum Gasteiger partial charge on any atom is 0.257 e. The summed E-state index contributed by atoms with van der Waals surface area (Å²) in [4.78, 5) is 30.2. The van der Waals surface area contributed by atoms with E-state index in [1.54, 1.807) is 17.9 Å². The molecule has 0 radical (unpaired) electrons. The number of aryl methyl sites for hydroxylation is 1. The van der Waals surface area contributed by atoms with E-state index in [0.717, 1.165) is 5.39 Å². The van der Waals surface area contributed by atoms with Gasteiger partial charge >= 0.3 is 0 Å². The third-order valence-electron chi connectivity index (χ3n) is 3.74. The zero-order valence-corrected chi connectivity index (χ0v) is 11.9. The van der Waals surface area contributed by atoms with Gasteiger partial charge in [0, 0.05) is 19.3 Å². The lowest BCUT2D eigenvalue weighted by atomic mass is 10.1. The average Bonchev–Trinajstić information content (AvgIpc) is 2.87. The second-order valence-corrected chi connectivity index (χ2v) is 5.06. The third kappa shape index (κ3) is 2.24. The van der Waals surface area contributed by atoms with Crippen molar-refractivity contribution in [2.45, 2.75) is 26.3 Å². The quantitative estimate of drug-likeness (QED) is 0.886. The highest BCUT2D eigenvalue weighted by molar-refractivity contribution is 6.00. The van der Waals surface area contributed by atoms with Crippen molar-refractivity contribution < 1.29 is 14.1 Å². The van der Waals surface area contributed by atoms with Gasteiger partial charge in [-0.25, -0.2) is 4.98 Å². The van der Waals surface area contributed by atoms with Gasteiger partial charge in [0.15, 0.2) is 0 Å². The van der Waals surface area contributed by atoms with Crippen molar-refractivity contribution in [1.82, 2.24) is 20.4 Å². The highest BCUT2D eigenvalue weighted by atomic mass is 16.5. The molecule has 0 aliphatic carbocycles. The number of hydrogen-bond donors (Lipinski definition) is 1. The molecule has 1 fully saturated rings. The van der Waals surface area contributed by atoms with Gasteiger partial charge in [-0.15, -0.1) is 0 Å². The van der Waals surface area contributed by atoms with Crippen molar-refractivity contribution >= 4 is 22.9 Å². The highest BCUT2D eigenvalue weighted by Crippen LogP contribution is 2.19.